The molecule has 8 nitrogen and oxygen atoms in total. The van der Waals surface area contributed by atoms with Gasteiger partial charge in [0.1, 0.15) is 10.6 Å². The van der Waals surface area contributed by atoms with Crippen molar-refractivity contribution in [2.24, 2.45) is 0 Å². The Morgan fingerprint density at radius 3 is 2.52 bits per heavy atom. The summed E-state index contributed by atoms with van der Waals surface area (Å²) in [6.07, 6.45) is 4.21. The molecule has 174 valence electrons. The molecule has 1 aliphatic heterocycles. The molecule has 1 fully saturated rings. The van der Waals surface area contributed by atoms with E-state index in [2.05, 4.69) is 10.4 Å². The van der Waals surface area contributed by atoms with Crippen LogP contribution in [0.2, 0.25) is 0 Å². The molecule has 1 saturated heterocycles. The second kappa shape index (κ2) is 9.76. The molecule has 1 aromatic heterocycles. The number of benzene rings is 2. The summed E-state index contributed by atoms with van der Waals surface area (Å²) in [5, 5.41) is 7.16. The summed E-state index contributed by atoms with van der Waals surface area (Å²) in [5.74, 6) is -0.0747. The van der Waals surface area contributed by atoms with Crippen molar-refractivity contribution in [1.82, 2.24) is 14.1 Å². The third-order valence-corrected chi connectivity index (χ3v) is 7.61. The van der Waals surface area contributed by atoms with Crippen LogP contribution in [0.5, 0.6) is 5.75 Å². The molecule has 33 heavy (non-hydrogen) atoms. The number of hydrogen-bond acceptors (Lipinski definition) is 5. The largest absolute Gasteiger partial charge is 0.492 e. The van der Waals surface area contributed by atoms with E-state index >= 15 is 0 Å². The molecular weight excluding hydrogens is 440 g/mol. The van der Waals surface area contributed by atoms with E-state index in [1.165, 1.54) is 16.6 Å². The van der Waals surface area contributed by atoms with Crippen molar-refractivity contribution in [2.45, 2.75) is 38.0 Å². The number of nitrogens with zero attached hydrogens (tertiary/aromatic N) is 3. The average Bonchev–Trinajstić information content (AvgIpc) is 3.22. The second-order valence-electron chi connectivity index (χ2n) is 7.90. The number of sulfonamides is 1. The molecule has 0 saturated carbocycles. The lowest BCUT2D eigenvalue weighted by Gasteiger charge is -2.27. The molecule has 3 aromatic rings. The van der Waals surface area contributed by atoms with Crippen LogP contribution in [0.25, 0.3) is 5.69 Å². The summed E-state index contributed by atoms with van der Waals surface area (Å²) in [5.41, 5.74) is 2.33. The number of ether oxygens (including phenoxy) is 1. The van der Waals surface area contributed by atoms with Gasteiger partial charge < -0.3 is 10.1 Å². The molecule has 0 unspecified atom stereocenters. The van der Waals surface area contributed by atoms with E-state index in [1.54, 1.807) is 23.7 Å². The Bertz CT molecular complexity index is 1230. The summed E-state index contributed by atoms with van der Waals surface area (Å²) < 4.78 is 35.4. The minimum atomic E-state index is -3.74. The second-order valence-corrected chi connectivity index (χ2v) is 9.81. The predicted molar refractivity (Wildman–Crippen MR) is 126 cm³/mol. The molecule has 9 heteroatoms. The SMILES string of the molecule is CCOc1ccc(NC(=O)c2cnn(-c3ccccc3)c2C)cc1S(=O)(=O)N1CCCCC1. The molecule has 2 heterocycles. The minimum Gasteiger partial charge on any atom is -0.492 e. The van der Waals surface area contributed by atoms with Crippen molar-refractivity contribution < 1.29 is 17.9 Å². The van der Waals surface area contributed by atoms with E-state index in [4.69, 9.17) is 4.74 Å². The van der Waals surface area contributed by atoms with Crippen LogP contribution in [-0.4, -0.2) is 48.1 Å². The van der Waals surface area contributed by atoms with Crippen LogP contribution in [0, 0.1) is 6.92 Å². The number of rotatable bonds is 7. The Kier molecular flexibility index (Phi) is 6.80. The van der Waals surface area contributed by atoms with Gasteiger partial charge in [0, 0.05) is 18.8 Å². The first-order valence-electron chi connectivity index (χ1n) is 11.1. The smallest absolute Gasteiger partial charge is 0.259 e. The standard InChI is InChI=1S/C24H28N4O4S/c1-3-32-22-13-12-19(16-23(22)33(30,31)27-14-8-5-9-15-27)26-24(29)21-17-25-28(18(21)2)20-10-6-4-7-11-20/h4,6-7,10-13,16-17H,3,5,8-9,14-15H2,1-2H3,(H,26,29). The van der Waals surface area contributed by atoms with Crippen LogP contribution in [0.1, 0.15) is 42.2 Å². The highest BCUT2D eigenvalue weighted by molar-refractivity contribution is 7.89. The van der Waals surface area contributed by atoms with Gasteiger partial charge >= 0.3 is 0 Å². The van der Waals surface area contributed by atoms with Crippen molar-refractivity contribution in [3.8, 4) is 11.4 Å². The Morgan fingerprint density at radius 2 is 1.82 bits per heavy atom. The number of hydrogen-bond donors (Lipinski definition) is 1. The van der Waals surface area contributed by atoms with E-state index in [0.29, 0.717) is 36.6 Å². The number of nitrogens with one attached hydrogen (secondary N) is 1. The molecule has 4 rings (SSSR count). The first-order valence-corrected chi connectivity index (χ1v) is 12.5. The molecule has 0 spiro atoms. The van der Waals surface area contributed by atoms with Crippen molar-refractivity contribution in [3.63, 3.8) is 0 Å². The van der Waals surface area contributed by atoms with Crippen LogP contribution >= 0.6 is 0 Å². The lowest BCUT2D eigenvalue weighted by Crippen LogP contribution is -2.35. The molecule has 0 atom stereocenters. The molecule has 1 aliphatic rings. The third kappa shape index (κ3) is 4.79. The van der Waals surface area contributed by atoms with Crippen LogP contribution in [-0.2, 0) is 10.0 Å². The number of para-hydroxylation sites is 1. The molecule has 2 aromatic carbocycles. The Labute approximate surface area is 194 Å². The van der Waals surface area contributed by atoms with E-state index in [-0.39, 0.29) is 16.6 Å². The van der Waals surface area contributed by atoms with E-state index < -0.39 is 10.0 Å². The monoisotopic (exact) mass is 468 g/mol. The highest BCUT2D eigenvalue weighted by Gasteiger charge is 2.29. The average molecular weight is 469 g/mol. The maximum absolute atomic E-state index is 13.3. The van der Waals surface area contributed by atoms with Gasteiger partial charge in [0.15, 0.2) is 0 Å². The lowest BCUT2D eigenvalue weighted by atomic mass is 10.2. The Balaban J connectivity index is 1.62. The van der Waals surface area contributed by atoms with Gasteiger partial charge in [-0.2, -0.15) is 9.40 Å². The molecule has 0 bridgehead atoms. The fourth-order valence-electron chi connectivity index (χ4n) is 3.97. The van der Waals surface area contributed by atoms with E-state index in [1.807, 2.05) is 37.3 Å². The highest BCUT2D eigenvalue weighted by Crippen LogP contribution is 2.31. The number of amides is 1. The summed E-state index contributed by atoms with van der Waals surface area (Å²) in [6, 6.07) is 14.3. The van der Waals surface area contributed by atoms with Gasteiger partial charge in [-0.3, -0.25) is 4.79 Å². The number of carbonyl (C=O) groups is 1. The molecule has 0 aliphatic carbocycles. The van der Waals surface area contributed by atoms with Gasteiger partial charge in [-0.1, -0.05) is 24.6 Å². The normalized spacial score (nSPS) is 14.7. The first kappa shape index (κ1) is 23.0. The van der Waals surface area contributed by atoms with Crippen LogP contribution < -0.4 is 10.1 Å². The third-order valence-electron chi connectivity index (χ3n) is 5.69. The predicted octanol–water partition coefficient (Wildman–Crippen LogP) is 4.01. The van der Waals surface area contributed by atoms with Gasteiger partial charge in [-0.25, -0.2) is 13.1 Å². The molecule has 1 amide bonds. The fourth-order valence-corrected chi connectivity index (χ4v) is 5.64. The zero-order valence-electron chi connectivity index (χ0n) is 18.8. The van der Waals surface area contributed by atoms with E-state index in [9.17, 15) is 13.2 Å². The number of aromatic nitrogens is 2. The Hall–Kier alpha value is -3.17. The van der Waals surface area contributed by atoms with Crippen LogP contribution in [0.15, 0.2) is 59.6 Å². The van der Waals surface area contributed by atoms with E-state index in [0.717, 1.165) is 24.9 Å². The topological polar surface area (TPSA) is 93.5 Å². The molecular formula is C24H28N4O4S. The minimum absolute atomic E-state index is 0.0701. The van der Waals surface area contributed by atoms with Crippen LogP contribution in [0.4, 0.5) is 5.69 Å². The van der Waals surface area contributed by atoms with Crippen LogP contribution in [0.3, 0.4) is 0 Å². The van der Waals surface area contributed by atoms with Crippen molar-refractivity contribution in [2.75, 3.05) is 25.0 Å². The first-order chi connectivity index (χ1) is 15.9. The number of anilines is 1. The Morgan fingerprint density at radius 1 is 1.09 bits per heavy atom. The van der Waals surface area contributed by atoms with Gasteiger partial charge in [0.05, 0.1) is 29.7 Å². The van der Waals surface area contributed by atoms with Crippen molar-refractivity contribution >= 4 is 21.6 Å². The number of carbonyl (C=O) groups excluding carboxylic acids is 1. The highest BCUT2D eigenvalue weighted by atomic mass is 32.2. The fraction of sp³-hybridized carbons (Fsp3) is 0.333. The van der Waals surface area contributed by atoms with Gasteiger partial charge in [-0.15, -0.1) is 0 Å². The lowest BCUT2D eigenvalue weighted by molar-refractivity contribution is 0.102. The summed E-state index contributed by atoms with van der Waals surface area (Å²) in [6.45, 7) is 4.94. The van der Waals surface area contributed by atoms with Crippen molar-refractivity contribution in [3.05, 3.63) is 66.0 Å². The molecule has 1 N–H and O–H groups in total. The van der Waals surface area contributed by atoms with Gasteiger partial charge in [-0.05, 0) is 57.0 Å². The van der Waals surface area contributed by atoms with Crippen molar-refractivity contribution in [1.29, 1.82) is 0 Å². The van der Waals surface area contributed by atoms with Gasteiger partial charge in [0.25, 0.3) is 5.91 Å². The maximum Gasteiger partial charge on any atom is 0.259 e. The summed E-state index contributed by atoms with van der Waals surface area (Å²) >= 11 is 0. The maximum atomic E-state index is 13.3. The van der Waals surface area contributed by atoms with Gasteiger partial charge in [0.2, 0.25) is 10.0 Å². The number of piperidine rings is 1. The quantitative estimate of drug-likeness (QED) is 0.566. The summed E-state index contributed by atoms with van der Waals surface area (Å²) in [7, 11) is -3.74. The molecule has 0 radical (unpaired) electrons. The summed E-state index contributed by atoms with van der Waals surface area (Å²) in [4.78, 5) is 13.1. The zero-order valence-corrected chi connectivity index (χ0v) is 19.6. The zero-order chi connectivity index (χ0) is 23.4.